The van der Waals surface area contributed by atoms with E-state index < -0.39 is 0 Å². The van der Waals surface area contributed by atoms with Gasteiger partial charge in [0.1, 0.15) is 11.4 Å². The molecule has 0 aliphatic rings. The fraction of sp³-hybridized carbons (Fsp3) is 0.273. The van der Waals surface area contributed by atoms with E-state index in [1.54, 1.807) is 18.3 Å². The Morgan fingerprint density at radius 3 is 2.39 bits per heavy atom. The molecule has 0 amide bonds. The van der Waals surface area contributed by atoms with Crippen molar-refractivity contribution in [3.05, 3.63) is 39.1 Å². The van der Waals surface area contributed by atoms with Gasteiger partial charge in [-0.3, -0.25) is 0 Å². The summed E-state index contributed by atoms with van der Waals surface area (Å²) in [5, 5.41) is 9.09. The first kappa shape index (κ1) is 13.9. The molecule has 18 heavy (non-hydrogen) atoms. The maximum absolute atomic E-state index is 6.10. The number of aromatic nitrogens is 3. The van der Waals surface area contributed by atoms with E-state index in [9.17, 15) is 0 Å². The molecule has 3 nitrogen and oxygen atoms in total. The van der Waals surface area contributed by atoms with Gasteiger partial charge in [-0.25, -0.2) is 4.68 Å². The molecular formula is C11H9Cl4N3. The van der Waals surface area contributed by atoms with E-state index in [2.05, 4.69) is 10.3 Å². The molecule has 2 rings (SSSR count). The highest BCUT2D eigenvalue weighted by atomic mass is 35.5. The molecule has 7 heteroatoms. The van der Waals surface area contributed by atoms with Gasteiger partial charge in [-0.1, -0.05) is 46.9 Å². The van der Waals surface area contributed by atoms with Crippen LogP contribution in [0.4, 0.5) is 0 Å². The summed E-state index contributed by atoms with van der Waals surface area (Å²) in [4.78, 5) is 0. The van der Waals surface area contributed by atoms with Gasteiger partial charge in [-0.2, -0.15) is 0 Å². The van der Waals surface area contributed by atoms with Crippen molar-refractivity contribution >= 4 is 46.4 Å². The monoisotopic (exact) mass is 323 g/mol. The lowest BCUT2D eigenvalue weighted by Crippen LogP contribution is -1.97. The molecule has 1 aromatic carbocycles. The predicted molar refractivity (Wildman–Crippen MR) is 75.3 cm³/mol. The summed E-state index contributed by atoms with van der Waals surface area (Å²) < 4.78 is 1.50. The number of alkyl halides is 1. The first-order valence-electron chi connectivity index (χ1n) is 5.24. The third-order valence-electron chi connectivity index (χ3n) is 2.40. The molecule has 0 saturated heterocycles. The summed E-state index contributed by atoms with van der Waals surface area (Å²) in [6.45, 7) is 1.97. The summed E-state index contributed by atoms with van der Waals surface area (Å²) in [7, 11) is 0. The van der Waals surface area contributed by atoms with E-state index in [4.69, 9.17) is 46.4 Å². The standard InChI is InChI=1S/C11H9Cl4N3/c1-2-7(13)10-5-18(17-16-10)11-8(14)3-6(12)4-9(11)15/h3-5,7H,2H2,1H3. The van der Waals surface area contributed by atoms with Crippen LogP contribution in [0.3, 0.4) is 0 Å². The number of nitrogens with zero attached hydrogens (tertiary/aromatic N) is 3. The third-order valence-corrected chi connectivity index (χ3v) is 3.73. The third kappa shape index (κ3) is 2.75. The Kier molecular flexibility index (Phi) is 4.38. The van der Waals surface area contributed by atoms with Gasteiger partial charge >= 0.3 is 0 Å². The minimum atomic E-state index is -0.177. The van der Waals surface area contributed by atoms with Gasteiger partial charge < -0.3 is 0 Å². The first-order chi connectivity index (χ1) is 8.52. The minimum absolute atomic E-state index is 0.177. The van der Waals surface area contributed by atoms with Gasteiger partial charge in [0.05, 0.1) is 21.6 Å². The van der Waals surface area contributed by atoms with Gasteiger partial charge in [0.25, 0.3) is 0 Å². The van der Waals surface area contributed by atoms with E-state index in [0.29, 0.717) is 26.4 Å². The van der Waals surface area contributed by atoms with Crippen LogP contribution in [-0.2, 0) is 0 Å². The fourth-order valence-electron chi connectivity index (χ4n) is 1.49. The van der Waals surface area contributed by atoms with Crippen molar-refractivity contribution in [3.8, 4) is 5.69 Å². The van der Waals surface area contributed by atoms with Gasteiger partial charge in [0, 0.05) is 5.02 Å². The van der Waals surface area contributed by atoms with Crippen LogP contribution >= 0.6 is 46.4 Å². The molecule has 0 spiro atoms. The number of hydrogen-bond donors (Lipinski definition) is 0. The molecule has 0 radical (unpaired) electrons. The van der Waals surface area contributed by atoms with Crippen LogP contribution in [0.5, 0.6) is 0 Å². The van der Waals surface area contributed by atoms with Gasteiger partial charge in [-0.05, 0) is 18.6 Å². The van der Waals surface area contributed by atoms with Crippen LogP contribution in [0.1, 0.15) is 24.4 Å². The van der Waals surface area contributed by atoms with Crippen LogP contribution < -0.4 is 0 Å². The van der Waals surface area contributed by atoms with E-state index in [1.165, 1.54) is 4.68 Å². The molecule has 0 bridgehead atoms. The Labute approximate surface area is 125 Å². The molecule has 1 atom stereocenters. The van der Waals surface area contributed by atoms with Crippen molar-refractivity contribution in [2.45, 2.75) is 18.7 Å². The topological polar surface area (TPSA) is 30.7 Å². The summed E-state index contributed by atoms with van der Waals surface area (Å²) in [5.41, 5.74) is 1.22. The lowest BCUT2D eigenvalue weighted by Gasteiger charge is -2.06. The van der Waals surface area contributed by atoms with Gasteiger partial charge in [0.15, 0.2) is 0 Å². The first-order valence-corrected chi connectivity index (χ1v) is 6.81. The average Bonchev–Trinajstić information content (AvgIpc) is 2.76. The fourth-order valence-corrected chi connectivity index (χ4v) is 2.58. The number of benzene rings is 1. The summed E-state index contributed by atoms with van der Waals surface area (Å²) in [6.07, 6.45) is 2.48. The normalized spacial score (nSPS) is 12.7. The van der Waals surface area contributed by atoms with Crippen LogP contribution in [0.25, 0.3) is 5.69 Å². The Bertz CT molecular complexity index is 544. The van der Waals surface area contributed by atoms with E-state index in [0.717, 1.165) is 6.42 Å². The number of halogens is 4. The molecule has 1 unspecified atom stereocenters. The Morgan fingerprint density at radius 2 is 1.83 bits per heavy atom. The highest BCUT2D eigenvalue weighted by Gasteiger charge is 2.15. The highest BCUT2D eigenvalue weighted by molar-refractivity contribution is 6.40. The van der Waals surface area contributed by atoms with Crippen molar-refractivity contribution in [1.82, 2.24) is 15.0 Å². The van der Waals surface area contributed by atoms with Crippen molar-refractivity contribution in [2.24, 2.45) is 0 Å². The predicted octanol–water partition coefficient (Wildman–Crippen LogP) is 4.92. The Balaban J connectivity index is 2.46. The number of hydrogen-bond acceptors (Lipinski definition) is 2. The maximum Gasteiger partial charge on any atom is 0.104 e. The molecule has 1 aromatic heterocycles. The largest absolute Gasteiger partial charge is 0.217 e. The van der Waals surface area contributed by atoms with Crippen molar-refractivity contribution in [2.75, 3.05) is 0 Å². The zero-order chi connectivity index (χ0) is 13.3. The zero-order valence-electron chi connectivity index (χ0n) is 9.37. The minimum Gasteiger partial charge on any atom is -0.217 e. The van der Waals surface area contributed by atoms with Crippen LogP contribution in [0, 0.1) is 0 Å². The Morgan fingerprint density at radius 1 is 1.22 bits per heavy atom. The average molecular weight is 325 g/mol. The SMILES string of the molecule is CCC(Cl)c1cn(-c2c(Cl)cc(Cl)cc2Cl)nn1. The second kappa shape index (κ2) is 5.66. The highest BCUT2D eigenvalue weighted by Crippen LogP contribution is 2.32. The molecular weight excluding hydrogens is 316 g/mol. The zero-order valence-corrected chi connectivity index (χ0v) is 12.4. The molecule has 0 N–H and O–H groups in total. The van der Waals surface area contributed by atoms with E-state index in [-0.39, 0.29) is 5.38 Å². The summed E-state index contributed by atoms with van der Waals surface area (Å²) >= 11 is 24.1. The second-order valence-electron chi connectivity index (χ2n) is 3.68. The molecule has 96 valence electrons. The lowest BCUT2D eigenvalue weighted by atomic mass is 10.2. The molecule has 2 aromatic rings. The molecule has 0 saturated carbocycles. The second-order valence-corrected chi connectivity index (χ2v) is 5.46. The molecule has 0 aliphatic heterocycles. The van der Waals surface area contributed by atoms with Crippen molar-refractivity contribution in [3.63, 3.8) is 0 Å². The van der Waals surface area contributed by atoms with E-state index in [1.807, 2.05) is 6.92 Å². The smallest absolute Gasteiger partial charge is 0.104 e. The number of rotatable bonds is 3. The summed E-state index contributed by atoms with van der Waals surface area (Å²) in [6, 6.07) is 3.20. The quantitative estimate of drug-likeness (QED) is 0.750. The summed E-state index contributed by atoms with van der Waals surface area (Å²) in [5.74, 6) is 0. The van der Waals surface area contributed by atoms with Gasteiger partial charge in [0.2, 0.25) is 0 Å². The van der Waals surface area contributed by atoms with Crippen molar-refractivity contribution in [1.29, 1.82) is 0 Å². The van der Waals surface area contributed by atoms with Crippen LogP contribution in [0.2, 0.25) is 15.1 Å². The van der Waals surface area contributed by atoms with Crippen LogP contribution in [0.15, 0.2) is 18.3 Å². The van der Waals surface area contributed by atoms with Crippen LogP contribution in [-0.4, -0.2) is 15.0 Å². The maximum atomic E-state index is 6.10. The van der Waals surface area contributed by atoms with Crippen molar-refractivity contribution < 1.29 is 0 Å². The van der Waals surface area contributed by atoms with E-state index >= 15 is 0 Å². The molecule has 0 fully saturated rings. The Hall–Kier alpha value is -0.480. The van der Waals surface area contributed by atoms with Gasteiger partial charge in [-0.15, -0.1) is 16.7 Å². The molecule has 1 heterocycles. The molecule has 0 aliphatic carbocycles. The lowest BCUT2D eigenvalue weighted by molar-refractivity contribution is 0.786.